The zero-order chi connectivity index (χ0) is 14.1. The Hall–Kier alpha value is -2.18. The number of halogens is 1. The van der Waals surface area contributed by atoms with Crippen LogP contribution in [0.3, 0.4) is 0 Å². The number of hydrogen-bond donors (Lipinski definition) is 2. The monoisotopic (exact) mass is 305 g/mol. The molecule has 0 unspecified atom stereocenters. The summed E-state index contributed by atoms with van der Waals surface area (Å²) in [5.74, 6) is -0.220. The Balaban J connectivity index is 1.99. The lowest BCUT2D eigenvalue weighted by atomic mass is 10.1. The summed E-state index contributed by atoms with van der Waals surface area (Å²) in [4.78, 5) is 12.0. The molecule has 2 N–H and O–H groups in total. The van der Waals surface area contributed by atoms with Gasteiger partial charge in [0.05, 0.1) is 0 Å². The summed E-state index contributed by atoms with van der Waals surface area (Å²) in [5.41, 5.74) is 0.592. The van der Waals surface area contributed by atoms with Crippen molar-refractivity contribution >= 4 is 45.3 Å². The van der Waals surface area contributed by atoms with E-state index in [9.17, 15) is 9.90 Å². The van der Waals surface area contributed by atoms with Gasteiger partial charge in [-0.3, -0.25) is 4.79 Å². The van der Waals surface area contributed by atoms with Crippen LogP contribution >= 0.6 is 22.9 Å². The van der Waals surface area contributed by atoms with E-state index in [0.29, 0.717) is 11.1 Å². The van der Waals surface area contributed by atoms with Crippen LogP contribution in [0.5, 0.6) is 5.75 Å². The Bertz CT molecular complexity index is 803. The van der Waals surface area contributed by atoms with Crippen LogP contribution < -0.4 is 5.32 Å². The normalized spacial score (nSPS) is 10.7. The highest BCUT2D eigenvalue weighted by Gasteiger charge is 2.13. The van der Waals surface area contributed by atoms with Crippen molar-refractivity contribution in [2.24, 2.45) is 0 Å². The highest BCUT2D eigenvalue weighted by atomic mass is 35.5. The Morgan fingerprint density at radius 3 is 2.65 bits per heavy atom. The van der Waals surface area contributed by atoms with Gasteiger partial charge >= 0.3 is 0 Å². The van der Waals surface area contributed by atoms with Gasteiger partial charge in [0.15, 0.2) is 0 Å². The maximum absolute atomic E-state index is 12.0. The van der Waals surface area contributed by atoms with Crippen molar-refractivity contribution in [3.05, 3.63) is 45.9 Å². The van der Waals surface area contributed by atoms with Crippen molar-refractivity contribution in [1.82, 2.24) is 10.2 Å². The third kappa shape index (κ3) is 2.31. The minimum Gasteiger partial charge on any atom is -0.507 e. The SMILES string of the molecule is O=C(Nc1cccc2c(O)cccc12)c1nnc(Cl)s1. The van der Waals surface area contributed by atoms with Crippen LogP contribution in [0.4, 0.5) is 5.69 Å². The van der Waals surface area contributed by atoms with E-state index in [0.717, 1.165) is 16.7 Å². The molecule has 7 heteroatoms. The second-order valence-electron chi connectivity index (χ2n) is 3.99. The highest BCUT2D eigenvalue weighted by molar-refractivity contribution is 7.17. The zero-order valence-electron chi connectivity index (χ0n) is 10.0. The van der Waals surface area contributed by atoms with Crippen molar-refractivity contribution in [2.75, 3.05) is 5.32 Å². The first kappa shape index (κ1) is 12.8. The molecule has 5 nitrogen and oxygen atoms in total. The van der Waals surface area contributed by atoms with Crippen LogP contribution in [0.1, 0.15) is 9.80 Å². The van der Waals surface area contributed by atoms with E-state index in [2.05, 4.69) is 15.5 Å². The van der Waals surface area contributed by atoms with E-state index in [1.165, 1.54) is 0 Å². The largest absolute Gasteiger partial charge is 0.507 e. The van der Waals surface area contributed by atoms with E-state index < -0.39 is 0 Å². The quantitative estimate of drug-likeness (QED) is 0.761. The molecule has 0 atom stereocenters. The lowest BCUT2D eigenvalue weighted by Crippen LogP contribution is -2.11. The maximum atomic E-state index is 12.0. The number of aromatic nitrogens is 2. The molecule has 3 rings (SSSR count). The number of phenols is 1. The molecule has 20 heavy (non-hydrogen) atoms. The minimum atomic E-state index is -0.384. The van der Waals surface area contributed by atoms with Crippen molar-refractivity contribution < 1.29 is 9.90 Å². The zero-order valence-corrected chi connectivity index (χ0v) is 11.6. The summed E-state index contributed by atoms with van der Waals surface area (Å²) >= 11 is 6.66. The van der Waals surface area contributed by atoms with Crippen molar-refractivity contribution in [3.63, 3.8) is 0 Å². The van der Waals surface area contributed by atoms with Crippen molar-refractivity contribution in [3.8, 4) is 5.75 Å². The molecule has 3 aromatic rings. The molecule has 0 fully saturated rings. The molecule has 0 aliphatic carbocycles. The second-order valence-corrected chi connectivity index (χ2v) is 5.55. The van der Waals surface area contributed by atoms with Gasteiger partial charge in [0, 0.05) is 16.5 Å². The molecule has 0 aliphatic rings. The van der Waals surface area contributed by atoms with E-state index in [1.807, 2.05) is 6.07 Å². The van der Waals surface area contributed by atoms with E-state index in [-0.39, 0.29) is 21.1 Å². The molecule has 0 radical (unpaired) electrons. The molecule has 100 valence electrons. The number of carbonyl (C=O) groups excluding carboxylic acids is 1. The number of rotatable bonds is 2. The van der Waals surface area contributed by atoms with Crippen molar-refractivity contribution in [1.29, 1.82) is 0 Å². The van der Waals surface area contributed by atoms with Crippen LogP contribution in [0.15, 0.2) is 36.4 Å². The Morgan fingerprint density at radius 1 is 1.15 bits per heavy atom. The molecule has 0 aliphatic heterocycles. The standard InChI is InChI=1S/C13H8ClN3O2S/c14-13-17-16-12(20-13)11(19)15-9-5-1-4-8-7(9)3-2-6-10(8)18/h1-6,18H,(H,15,19). The molecule has 1 heterocycles. The number of fused-ring (bicyclic) bond motifs is 1. The average molecular weight is 306 g/mol. The maximum Gasteiger partial charge on any atom is 0.286 e. The molecule has 0 saturated heterocycles. The first-order valence-electron chi connectivity index (χ1n) is 5.66. The summed E-state index contributed by atoms with van der Waals surface area (Å²) in [6, 6.07) is 10.4. The average Bonchev–Trinajstić information content (AvgIpc) is 2.87. The molecule has 1 amide bonds. The molecule has 1 aromatic heterocycles. The first-order valence-corrected chi connectivity index (χ1v) is 6.85. The number of benzene rings is 2. The lowest BCUT2D eigenvalue weighted by Gasteiger charge is -2.08. The van der Waals surface area contributed by atoms with Gasteiger partial charge < -0.3 is 10.4 Å². The minimum absolute atomic E-state index is 0.164. The summed E-state index contributed by atoms with van der Waals surface area (Å²) in [6.45, 7) is 0. The number of aromatic hydroxyl groups is 1. The van der Waals surface area contributed by atoms with Crippen molar-refractivity contribution in [2.45, 2.75) is 0 Å². The number of amides is 1. The number of hydrogen-bond acceptors (Lipinski definition) is 5. The fraction of sp³-hybridized carbons (Fsp3) is 0. The van der Waals surface area contributed by atoms with E-state index in [4.69, 9.17) is 11.6 Å². The summed E-state index contributed by atoms with van der Waals surface area (Å²) in [7, 11) is 0. The fourth-order valence-electron chi connectivity index (χ4n) is 1.88. The van der Waals surface area contributed by atoms with E-state index in [1.54, 1.807) is 30.3 Å². The van der Waals surface area contributed by atoms with Gasteiger partial charge in [-0.1, -0.05) is 35.6 Å². The predicted molar refractivity (Wildman–Crippen MR) is 78.5 cm³/mol. The number of phenolic OH excluding ortho intramolecular Hbond substituents is 1. The smallest absolute Gasteiger partial charge is 0.286 e. The van der Waals surface area contributed by atoms with Gasteiger partial charge in [-0.05, 0) is 23.7 Å². The first-order chi connectivity index (χ1) is 9.65. The number of nitrogens with one attached hydrogen (secondary N) is 1. The lowest BCUT2D eigenvalue weighted by molar-refractivity contribution is 0.102. The van der Waals surface area contributed by atoms with Crippen LogP contribution in [-0.2, 0) is 0 Å². The van der Waals surface area contributed by atoms with Gasteiger partial charge in [-0.2, -0.15) is 0 Å². The Kier molecular flexibility index (Phi) is 3.25. The fourth-order valence-corrected chi connectivity index (χ4v) is 2.60. The number of anilines is 1. The van der Waals surface area contributed by atoms with Gasteiger partial charge in [-0.15, -0.1) is 10.2 Å². The van der Waals surface area contributed by atoms with Crippen LogP contribution in [0, 0.1) is 0 Å². The highest BCUT2D eigenvalue weighted by Crippen LogP contribution is 2.30. The molecule has 0 bridgehead atoms. The third-order valence-corrected chi connectivity index (χ3v) is 3.76. The Labute approximate surface area is 122 Å². The number of carbonyl (C=O) groups is 1. The van der Waals surface area contributed by atoms with Gasteiger partial charge in [-0.25, -0.2) is 0 Å². The second kappa shape index (κ2) is 5.07. The molecule has 2 aromatic carbocycles. The molecular weight excluding hydrogens is 298 g/mol. The van der Waals surface area contributed by atoms with Crippen LogP contribution in [-0.4, -0.2) is 21.2 Å². The predicted octanol–water partition coefficient (Wildman–Crippen LogP) is 3.30. The Morgan fingerprint density at radius 2 is 1.90 bits per heavy atom. The van der Waals surface area contributed by atoms with Crippen LogP contribution in [0.2, 0.25) is 4.47 Å². The van der Waals surface area contributed by atoms with Crippen LogP contribution in [0.25, 0.3) is 10.8 Å². The summed E-state index contributed by atoms with van der Waals surface area (Å²) in [5, 5.41) is 21.4. The molecule has 0 saturated carbocycles. The van der Waals surface area contributed by atoms with E-state index >= 15 is 0 Å². The van der Waals surface area contributed by atoms with Gasteiger partial charge in [0.1, 0.15) is 5.75 Å². The topological polar surface area (TPSA) is 75.1 Å². The third-order valence-electron chi connectivity index (χ3n) is 2.74. The number of nitrogens with zero attached hydrogens (tertiary/aromatic N) is 2. The summed E-state index contributed by atoms with van der Waals surface area (Å²) < 4.78 is 0.214. The summed E-state index contributed by atoms with van der Waals surface area (Å²) in [6.07, 6.45) is 0. The van der Waals surface area contributed by atoms with Gasteiger partial charge in [0.25, 0.3) is 5.91 Å². The molecule has 0 spiro atoms. The molecular formula is C13H8ClN3O2S. The van der Waals surface area contributed by atoms with Gasteiger partial charge in [0.2, 0.25) is 9.47 Å².